The number of carboxylic acid groups (broad SMARTS) is 1. The summed E-state index contributed by atoms with van der Waals surface area (Å²) in [5, 5.41) is 8.59. The monoisotopic (exact) mass is 223 g/mol. The lowest BCUT2D eigenvalue weighted by Gasteiger charge is -2.23. The minimum absolute atomic E-state index is 0.133. The number of hydrogen-bond acceptors (Lipinski definition) is 3. The van der Waals surface area contributed by atoms with Crippen molar-refractivity contribution >= 4 is 13.3 Å². The highest BCUT2D eigenvalue weighted by atomic mass is 31.2. The molecule has 1 unspecified atom stereocenters. The van der Waals surface area contributed by atoms with E-state index in [1.54, 1.807) is 13.8 Å². The highest BCUT2D eigenvalue weighted by Crippen LogP contribution is 2.48. The number of carbonyl (C=O) groups is 1. The third kappa shape index (κ3) is 3.78. The molecule has 84 valence electrons. The Morgan fingerprint density at radius 1 is 1.43 bits per heavy atom. The highest BCUT2D eigenvalue weighted by molar-refractivity contribution is 7.58. The van der Waals surface area contributed by atoms with Gasteiger partial charge in [-0.3, -0.25) is 9.36 Å². The predicted octanol–water partition coefficient (Wildman–Crippen LogP) is 0.918. The summed E-state index contributed by atoms with van der Waals surface area (Å²) in [7, 11) is -3.55. The van der Waals surface area contributed by atoms with E-state index in [0.717, 1.165) is 0 Å². The van der Waals surface area contributed by atoms with Crippen LogP contribution in [0.2, 0.25) is 0 Å². The molecule has 0 aromatic heterocycles. The smallest absolute Gasteiger partial charge is 0.306 e. The summed E-state index contributed by atoms with van der Waals surface area (Å²) in [5.41, 5.74) is 5.54. The summed E-state index contributed by atoms with van der Waals surface area (Å²) < 4.78 is 11.6. The predicted molar refractivity (Wildman–Crippen MR) is 54.3 cm³/mol. The van der Waals surface area contributed by atoms with E-state index < -0.39 is 25.0 Å². The number of hydrogen-bond donors (Lipinski definition) is 3. The van der Waals surface area contributed by atoms with Gasteiger partial charge >= 0.3 is 5.97 Å². The second kappa shape index (κ2) is 4.91. The summed E-state index contributed by atoms with van der Waals surface area (Å²) in [5.74, 6) is -2.89. The molecule has 0 aliphatic carbocycles. The first kappa shape index (κ1) is 13.6. The van der Waals surface area contributed by atoms with Crippen molar-refractivity contribution in [2.75, 3.05) is 6.16 Å². The van der Waals surface area contributed by atoms with Crippen LogP contribution in [-0.2, 0) is 9.36 Å². The first-order chi connectivity index (χ1) is 6.18. The molecule has 0 bridgehead atoms. The van der Waals surface area contributed by atoms with Gasteiger partial charge in [0.15, 0.2) is 0 Å². The van der Waals surface area contributed by atoms with Crippen LogP contribution in [0, 0.1) is 11.8 Å². The van der Waals surface area contributed by atoms with Gasteiger partial charge in [-0.25, -0.2) is 0 Å². The summed E-state index contributed by atoms with van der Waals surface area (Å²) >= 11 is 0. The van der Waals surface area contributed by atoms with E-state index in [4.69, 9.17) is 10.8 Å². The number of rotatable bonds is 5. The molecule has 0 aromatic carbocycles. The van der Waals surface area contributed by atoms with Gasteiger partial charge in [-0.2, -0.15) is 0 Å². The van der Waals surface area contributed by atoms with Crippen LogP contribution in [0.25, 0.3) is 0 Å². The third-order valence-corrected chi connectivity index (χ3v) is 4.70. The largest absolute Gasteiger partial charge is 0.481 e. The van der Waals surface area contributed by atoms with Crippen molar-refractivity contribution in [2.24, 2.45) is 17.6 Å². The van der Waals surface area contributed by atoms with Crippen LogP contribution in [0.15, 0.2) is 0 Å². The minimum Gasteiger partial charge on any atom is -0.481 e. The average molecular weight is 223 g/mol. The Balaban J connectivity index is 4.49. The van der Waals surface area contributed by atoms with Crippen LogP contribution >= 0.6 is 7.37 Å². The quantitative estimate of drug-likeness (QED) is 0.601. The van der Waals surface area contributed by atoms with Crippen LogP contribution in [0.5, 0.6) is 0 Å². The second-order valence-electron chi connectivity index (χ2n) is 3.91. The van der Waals surface area contributed by atoms with Crippen molar-refractivity contribution < 1.29 is 19.4 Å². The summed E-state index contributed by atoms with van der Waals surface area (Å²) in [6, 6.07) is 0. The molecule has 0 aliphatic rings. The van der Waals surface area contributed by atoms with Crippen LogP contribution < -0.4 is 5.73 Å². The molecule has 6 heteroatoms. The van der Waals surface area contributed by atoms with Gasteiger partial charge in [-0.15, -0.1) is 0 Å². The number of carboxylic acids is 1. The van der Waals surface area contributed by atoms with Gasteiger partial charge in [0.05, 0.1) is 11.7 Å². The van der Waals surface area contributed by atoms with Crippen molar-refractivity contribution in [1.82, 2.24) is 0 Å². The molecule has 0 rings (SSSR count). The molecule has 0 radical (unpaired) electrons. The topological polar surface area (TPSA) is 101 Å². The normalized spacial score (nSPS) is 20.1. The molecule has 0 aliphatic heterocycles. The Hall–Kier alpha value is -0.380. The average Bonchev–Trinajstić information content (AvgIpc) is 2.01. The van der Waals surface area contributed by atoms with Crippen molar-refractivity contribution in [3.8, 4) is 0 Å². The fourth-order valence-electron chi connectivity index (χ4n) is 1.06. The minimum atomic E-state index is -3.55. The molecule has 14 heavy (non-hydrogen) atoms. The fraction of sp³-hybridized carbons (Fsp3) is 0.875. The Kier molecular flexibility index (Phi) is 4.78. The molecule has 0 aromatic rings. The van der Waals surface area contributed by atoms with Crippen molar-refractivity contribution in [1.29, 1.82) is 0 Å². The molecule has 0 saturated heterocycles. The van der Waals surface area contributed by atoms with Gasteiger partial charge in [-0.1, -0.05) is 20.8 Å². The van der Waals surface area contributed by atoms with Gasteiger partial charge < -0.3 is 15.7 Å². The molecule has 0 heterocycles. The molecule has 5 nitrogen and oxygen atoms in total. The molecule has 0 saturated carbocycles. The van der Waals surface area contributed by atoms with Crippen LogP contribution in [0.4, 0.5) is 0 Å². The summed E-state index contributed by atoms with van der Waals surface area (Å²) in [4.78, 5) is 20.0. The van der Waals surface area contributed by atoms with E-state index in [9.17, 15) is 14.3 Å². The molecule has 0 fully saturated rings. The van der Waals surface area contributed by atoms with Gasteiger partial charge in [0.1, 0.15) is 0 Å². The molecular formula is C8H18NO4P. The van der Waals surface area contributed by atoms with Crippen LogP contribution in [-0.4, -0.2) is 27.9 Å². The first-order valence-corrected chi connectivity index (χ1v) is 6.39. The summed E-state index contributed by atoms with van der Waals surface area (Å²) in [6.07, 6.45) is -0.262. The Morgan fingerprint density at radius 3 is 2.14 bits per heavy atom. The summed E-state index contributed by atoms with van der Waals surface area (Å²) in [6.45, 7) is 4.87. The number of aliphatic carboxylic acids is 1. The highest BCUT2D eigenvalue weighted by Gasteiger charge is 2.33. The molecule has 3 atom stereocenters. The zero-order chi connectivity index (χ0) is 11.5. The maximum Gasteiger partial charge on any atom is 0.306 e. The van der Waals surface area contributed by atoms with E-state index >= 15 is 0 Å². The Labute approximate surface area is 83.8 Å². The third-order valence-electron chi connectivity index (χ3n) is 2.11. The van der Waals surface area contributed by atoms with E-state index in [2.05, 4.69) is 0 Å². The Bertz CT molecular complexity index is 254. The van der Waals surface area contributed by atoms with Gasteiger partial charge in [-0.05, 0) is 5.92 Å². The standard InChI is InChI=1S/C8H18NO4P/c1-5(2)7(9)14(12,13)4-6(3)8(10)11/h5-7H,4,9H2,1-3H3,(H,10,11)(H,12,13)/t6-,7-/m0/s1. The maximum absolute atomic E-state index is 11.6. The lowest BCUT2D eigenvalue weighted by atomic mass is 10.2. The van der Waals surface area contributed by atoms with Gasteiger partial charge in [0.2, 0.25) is 7.37 Å². The van der Waals surface area contributed by atoms with Crippen molar-refractivity contribution in [2.45, 2.75) is 26.6 Å². The van der Waals surface area contributed by atoms with E-state index in [-0.39, 0.29) is 12.1 Å². The zero-order valence-corrected chi connectivity index (χ0v) is 9.57. The lowest BCUT2D eigenvalue weighted by Crippen LogP contribution is -2.29. The van der Waals surface area contributed by atoms with E-state index in [0.29, 0.717) is 0 Å². The number of nitrogens with two attached hydrogens (primary N) is 1. The Morgan fingerprint density at radius 2 is 1.86 bits per heavy atom. The SMILES string of the molecule is CC(C)[C@@H](N)P(=O)(O)C[C@H](C)C(=O)O. The van der Waals surface area contributed by atoms with Crippen molar-refractivity contribution in [3.63, 3.8) is 0 Å². The van der Waals surface area contributed by atoms with E-state index in [1.807, 2.05) is 0 Å². The maximum atomic E-state index is 11.6. The first-order valence-electron chi connectivity index (χ1n) is 4.48. The molecular weight excluding hydrogens is 205 g/mol. The zero-order valence-electron chi connectivity index (χ0n) is 8.67. The van der Waals surface area contributed by atoms with E-state index in [1.165, 1.54) is 6.92 Å². The van der Waals surface area contributed by atoms with Crippen LogP contribution in [0.3, 0.4) is 0 Å². The second-order valence-corrected chi connectivity index (χ2v) is 6.38. The fourth-order valence-corrected chi connectivity index (χ4v) is 3.17. The van der Waals surface area contributed by atoms with Gasteiger partial charge in [0.25, 0.3) is 0 Å². The molecule has 0 spiro atoms. The lowest BCUT2D eigenvalue weighted by molar-refractivity contribution is -0.140. The molecule has 4 N–H and O–H groups in total. The van der Waals surface area contributed by atoms with Crippen LogP contribution in [0.1, 0.15) is 20.8 Å². The van der Waals surface area contributed by atoms with Gasteiger partial charge in [0, 0.05) is 6.16 Å². The van der Waals surface area contributed by atoms with Crippen molar-refractivity contribution in [3.05, 3.63) is 0 Å². The molecule has 0 amide bonds.